The molecule has 1 aliphatic rings. The normalized spacial score (nSPS) is 18.2. The van der Waals surface area contributed by atoms with E-state index in [2.05, 4.69) is 10.1 Å². The van der Waals surface area contributed by atoms with Gasteiger partial charge in [0.05, 0.1) is 26.6 Å². The number of nitrogens with two attached hydrogens (primary N) is 2. The molecule has 11 heteroatoms. The fraction of sp³-hybridized carbons (Fsp3) is 0.333. The van der Waals surface area contributed by atoms with Gasteiger partial charge in [-0.3, -0.25) is 4.68 Å². The van der Waals surface area contributed by atoms with E-state index < -0.39 is 27.2 Å². The van der Waals surface area contributed by atoms with Crippen molar-refractivity contribution in [1.82, 2.24) is 14.8 Å². The van der Waals surface area contributed by atoms with Gasteiger partial charge in [0.1, 0.15) is 23.1 Å². The molecule has 7 nitrogen and oxygen atoms in total. The predicted octanol–water partition coefficient (Wildman–Crippen LogP) is 5.59. The number of aryl methyl sites for hydroxylation is 1. The Balaban J connectivity index is 1.59. The van der Waals surface area contributed by atoms with E-state index in [-0.39, 0.29) is 44.5 Å². The first-order valence-corrected chi connectivity index (χ1v) is 14.5. The monoisotopic (exact) mass is 559 g/mol. The number of hydrogen-bond acceptors (Lipinski definition) is 6. The second-order valence-electron chi connectivity index (χ2n) is 9.71. The number of nitrogens with zero attached hydrogens (tertiary/aromatic N) is 3. The highest BCUT2D eigenvalue weighted by molar-refractivity contribution is 7.90. The van der Waals surface area contributed by atoms with Crippen molar-refractivity contribution < 1.29 is 17.2 Å². The van der Waals surface area contributed by atoms with Crippen molar-refractivity contribution in [3.63, 3.8) is 0 Å². The van der Waals surface area contributed by atoms with E-state index in [0.717, 1.165) is 48.9 Å². The van der Waals surface area contributed by atoms with Crippen LogP contribution in [0.5, 0.6) is 0 Å². The summed E-state index contributed by atoms with van der Waals surface area (Å²) in [5.41, 5.74) is 13.8. The van der Waals surface area contributed by atoms with Crippen LogP contribution in [0, 0.1) is 11.6 Å². The second-order valence-corrected chi connectivity index (χ2v) is 12.1. The van der Waals surface area contributed by atoms with Crippen LogP contribution in [0.15, 0.2) is 47.5 Å². The lowest BCUT2D eigenvalue weighted by atomic mass is 9.82. The highest BCUT2D eigenvalue weighted by Gasteiger charge is 2.28. The quantitative estimate of drug-likeness (QED) is 0.318. The van der Waals surface area contributed by atoms with E-state index in [1.165, 1.54) is 18.2 Å². The van der Waals surface area contributed by atoms with Gasteiger partial charge in [-0.1, -0.05) is 23.7 Å². The van der Waals surface area contributed by atoms with Crippen LogP contribution < -0.4 is 11.5 Å². The maximum Gasteiger partial charge on any atom is 0.184 e. The van der Waals surface area contributed by atoms with Crippen molar-refractivity contribution in [1.29, 1.82) is 0 Å². The van der Waals surface area contributed by atoms with E-state index in [4.69, 9.17) is 23.1 Å². The Labute approximate surface area is 224 Å². The number of rotatable bonds is 6. The van der Waals surface area contributed by atoms with Crippen molar-refractivity contribution in [3.8, 4) is 11.3 Å². The van der Waals surface area contributed by atoms with Gasteiger partial charge in [-0.2, -0.15) is 5.10 Å². The van der Waals surface area contributed by atoms with Crippen LogP contribution in [0.1, 0.15) is 49.7 Å². The van der Waals surface area contributed by atoms with Crippen LogP contribution in [0.2, 0.25) is 5.02 Å². The number of anilines is 1. The molecule has 200 valence electrons. The summed E-state index contributed by atoms with van der Waals surface area (Å²) >= 11 is 6.03. The third-order valence-electron chi connectivity index (χ3n) is 7.24. The van der Waals surface area contributed by atoms with Crippen molar-refractivity contribution >= 4 is 38.2 Å². The van der Waals surface area contributed by atoms with Gasteiger partial charge in [0.2, 0.25) is 0 Å². The van der Waals surface area contributed by atoms with Crippen LogP contribution in [-0.4, -0.2) is 29.2 Å². The van der Waals surface area contributed by atoms with Gasteiger partial charge < -0.3 is 11.5 Å². The summed E-state index contributed by atoms with van der Waals surface area (Å²) in [5, 5.41) is 5.07. The maximum absolute atomic E-state index is 15.5. The third kappa shape index (κ3) is 4.76. The number of aromatic nitrogens is 3. The fourth-order valence-electron chi connectivity index (χ4n) is 5.27. The molecule has 4 aromatic rings. The molecular weight excluding hydrogens is 532 g/mol. The maximum atomic E-state index is 15.5. The molecule has 1 aliphatic carbocycles. The highest BCUT2D eigenvalue weighted by atomic mass is 35.5. The molecule has 5 rings (SSSR count). The summed E-state index contributed by atoms with van der Waals surface area (Å²) < 4.78 is 58.3. The van der Waals surface area contributed by atoms with Gasteiger partial charge >= 0.3 is 0 Å². The number of pyridine rings is 1. The highest BCUT2D eigenvalue weighted by Crippen LogP contribution is 2.41. The summed E-state index contributed by atoms with van der Waals surface area (Å²) in [7, 11) is -4.02. The second kappa shape index (κ2) is 10.2. The molecule has 1 fully saturated rings. The topological polar surface area (TPSA) is 117 Å². The molecule has 0 saturated heterocycles. The van der Waals surface area contributed by atoms with Gasteiger partial charge in [-0.05, 0) is 68.4 Å². The number of fused-ring (bicyclic) bond motifs is 1. The number of halogens is 3. The van der Waals surface area contributed by atoms with Crippen LogP contribution in [0.3, 0.4) is 0 Å². The standard InChI is InChI=1S/C27H28ClF2N5O2S/c1-2-35-26-19(15-7-9-17(31)10-8-15)13-33-27(32)24(26)25(34-35)18-12-21(29)16(11-22(18)30)14-38(36,37)23-6-4-3-5-20(23)28/h3-6,11-13,15,17H,2,7-10,14,31H2,1H3,(H2,32,33). The van der Waals surface area contributed by atoms with Crippen molar-refractivity contribution in [3.05, 3.63) is 70.4 Å². The molecule has 1 saturated carbocycles. The molecule has 2 aromatic carbocycles. The van der Waals surface area contributed by atoms with Crippen molar-refractivity contribution in [2.24, 2.45) is 5.73 Å². The fourth-order valence-corrected chi connectivity index (χ4v) is 7.19. The van der Waals surface area contributed by atoms with Crippen molar-refractivity contribution in [2.45, 2.75) is 61.8 Å². The number of nitrogen functional groups attached to an aromatic ring is 1. The number of sulfone groups is 1. The molecule has 38 heavy (non-hydrogen) atoms. The van der Waals surface area contributed by atoms with Crippen LogP contribution in [0.25, 0.3) is 22.2 Å². The molecule has 4 N–H and O–H groups in total. The molecule has 0 atom stereocenters. The molecule has 0 bridgehead atoms. The zero-order chi connectivity index (χ0) is 27.2. The van der Waals surface area contributed by atoms with Gasteiger partial charge in [0, 0.05) is 29.9 Å². The van der Waals surface area contributed by atoms with Crippen molar-refractivity contribution in [2.75, 3.05) is 5.73 Å². The number of hydrogen-bond donors (Lipinski definition) is 2. The average molecular weight is 560 g/mol. The smallest absolute Gasteiger partial charge is 0.184 e. The SMILES string of the molecule is CCn1nc(-c2cc(F)c(CS(=O)(=O)c3ccccc3Cl)cc2F)c2c(N)ncc(C3CCC(N)CC3)c21. The molecule has 0 radical (unpaired) electrons. The van der Waals surface area contributed by atoms with Crippen LogP contribution in [-0.2, 0) is 22.1 Å². The summed E-state index contributed by atoms with van der Waals surface area (Å²) in [6.45, 7) is 2.39. The van der Waals surface area contributed by atoms with E-state index in [9.17, 15) is 8.42 Å². The Hall–Kier alpha value is -3.08. The Morgan fingerprint density at radius 2 is 1.82 bits per heavy atom. The average Bonchev–Trinajstić information content (AvgIpc) is 3.27. The minimum Gasteiger partial charge on any atom is -0.383 e. The minimum absolute atomic E-state index is 0.0142. The Kier molecular flexibility index (Phi) is 7.15. The molecular formula is C27H28ClF2N5O2S. The molecule has 2 heterocycles. The summed E-state index contributed by atoms with van der Waals surface area (Å²) in [4.78, 5) is 4.24. The predicted molar refractivity (Wildman–Crippen MR) is 144 cm³/mol. The Bertz CT molecular complexity index is 1630. The van der Waals surface area contributed by atoms with Gasteiger partial charge in [0.25, 0.3) is 0 Å². The first-order valence-electron chi connectivity index (χ1n) is 12.5. The van der Waals surface area contributed by atoms with Gasteiger partial charge in [-0.25, -0.2) is 22.2 Å². The lowest BCUT2D eigenvalue weighted by molar-refractivity contribution is 0.395. The Morgan fingerprint density at radius 3 is 2.50 bits per heavy atom. The first-order chi connectivity index (χ1) is 18.1. The molecule has 0 unspecified atom stereocenters. The van der Waals surface area contributed by atoms with E-state index in [0.29, 0.717) is 11.9 Å². The third-order valence-corrected chi connectivity index (χ3v) is 9.40. The zero-order valence-corrected chi connectivity index (χ0v) is 22.4. The minimum atomic E-state index is -4.02. The summed E-state index contributed by atoms with van der Waals surface area (Å²) in [6, 6.07) is 7.90. The largest absolute Gasteiger partial charge is 0.383 e. The summed E-state index contributed by atoms with van der Waals surface area (Å²) in [6.07, 6.45) is 5.31. The first kappa shape index (κ1) is 26.5. The summed E-state index contributed by atoms with van der Waals surface area (Å²) in [5.74, 6) is -2.07. The zero-order valence-electron chi connectivity index (χ0n) is 20.8. The van der Waals surface area contributed by atoms with Crippen LogP contribution >= 0.6 is 11.6 Å². The molecule has 2 aromatic heterocycles. The molecule has 0 amide bonds. The number of benzene rings is 2. The van der Waals surface area contributed by atoms with E-state index in [1.807, 2.05) is 6.92 Å². The molecule has 0 spiro atoms. The van der Waals surface area contributed by atoms with E-state index in [1.54, 1.807) is 16.9 Å². The van der Waals surface area contributed by atoms with E-state index >= 15 is 8.78 Å². The Morgan fingerprint density at radius 1 is 1.11 bits per heavy atom. The van der Waals surface area contributed by atoms with Gasteiger partial charge in [-0.15, -0.1) is 0 Å². The lowest BCUT2D eigenvalue weighted by Gasteiger charge is -2.27. The van der Waals surface area contributed by atoms with Gasteiger partial charge in [0.15, 0.2) is 9.84 Å². The lowest BCUT2D eigenvalue weighted by Crippen LogP contribution is -2.26. The molecule has 0 aliphatic heterocycles. The van der Waals surface area contributed by atoms with Crippen LogP contribution in [0.4, 0.5) is 14.6 Å².